The lowest BCUT2D eigenvalue weighted by molar-refractivity contribution is 0.254. The summed E-state index contributed by atoms with van der Waals surface area (Å²) in [6.07, 6.45) is 6.02. The number of nitrogens with zero attached hydrogens (tertiary/aromatic N) is 5. The lowest BCUT2D eigenvalue weighted by atomic mass is 9.95. The van der Waals surface area contributed by atoms with E-state index in [-0.39, 0.29) is 5.25 Å². The number of piperidine rings is 1. The van der Waals surface area contributed by atoms with Gasteiger partial charge >= 0.3 is 0 Å². The van der Waals surface area contributed by atoms with E-state index in [9.17, 15) is 8.42 Å². The SMILES string of the molecule is CC(C)S(=O)(=O)N1CCC(CCn2nc(-c3ccc4[nH]ccc4c3)c3c(N)ncnc32)CC1. The van der Waals surface area contributed by atoms with E-state index in [1.807, 2.05) is 29.1 Å². The molecule has 0 bridgehead atoms. The summed E-state index contributed by atoms with van der Waals surface area (Å²) in [5.74, 6) is 0.865. The molecule has 1 saturated heterocycles. The number of benzene rings is 1. The van der Waals surface area contributed by atoms with Crippen LogP contribution in [0.3, 0.4) is 0 Å². The summed E-state index contributed by atoms with van der Waals surface area (Å²) in [4.78, 5) is 11.9. The van der Waals surface area contributed by atoms with Gasteiger partial charge in [-0.3, -0.25) is 0 Å². The normalized spacial score (nSPS) is 16.3. The van der Waals surface area contributed by atoms with Crippen LogP contribution in [-0.2, 0) is 16.6 Å². The summed E-state index contributed by atoms with van der Waals surface area (Å²) in [5.41, 5.74) is 9.80. The van der Waals surface area contributed by atoms with Gasteiger partial charge in [-0.05, 0) is 57.2 Å². The van der Waals surface area contributed by atoms with Crippen LogP contribution in [0.15, 0.2) is 36.8 Å². The molecule has 0 aliphatic carbocycles. The number of hydrogen-bond donors (Lipinski definition) is 2. The van der Waals surface area contributed by atoms with Crippen LogP contribution in [0.1, 0.15) is 33.1 Å². The third-order valence-electron chi connectivity index (χ3n) is 6.66. The highest BCUT2D eigenvalue weighted by Gasteiger charge is 2.30. The molecule has 0 saturated carbocycles. The van der Waals surface area contributed by atoms with Crippen molar-refractivity contribution in [1.82, 2.24) is 29.0 Å². The number of sulfonamides is 1. The minimum absolute atomic E-state index is 0.376. The number of H-pyrrole nitrogens is 1. The van der Waals surface area contributed by atoms with Gasteiger partial charge in [-0.1, -0.05) is 6.07 Å². The Morgan fingerprint density at radius 3 is 2.73 bits per heavy atom. The van der Waals surface area contributed by atoms with Gasteiger partial charge in [0, 0.05) is 42.3 Å². The molecular weight excluding hydrogens is 438 g/mol. The number of nitrogens with two attached hydrogens (primary N) is 1. The number of hydrogen-bond acceptors (Lipinski definition) is 6. The molecule has 5 rings (SSSR count). The van der Waals surface area contributed by atoms with Crippen molar-refractivity contribution in [3.8, 4) is 11.3 Å². The van der Waals surface area contributed by atoms with Gasteiger partial charge in [-0.15, -0.1) is 0 Å². The Labute approximate surface area is 193 Å². The average Bonchev–Trinajstić information content (AvgIpc) is 3.42. The Bertz CT molecular complexity index is 1400. The lowest BCUT2D eigenvalue weighted by Crippen LogP contribution is -2.42. The molecule has 4 heterocycles. The molecule has 4 aromatic rings. The van der Waals surface area contributed by atoms with E-state index in [0.717, 1.165) is 52.5 Å². The molecule has 0 atom stereocenters. The zero-order valence-electron chi connectivity index (χ0n) is 18.9. The molecule has 1 aliphatic rings. The summed E-state index contributed by atoms with van der Waals surface area (Å²) in [7, 11) is -3.18. The van der Waals surface area contributed by atoms with Crippen LogP contribution >= 0.6 is 0 Å². The summed E-state index contributed by atoms with van der Waals surface area (Å²) < 4.78 is 28.4. The zero-order valence-corrected chi connectivity index (χ0v) is 19.7. The van der Waals surface area contributed by atoms with Crippen molar-refractivity contribution in [1.29, 1.82) is 0 Å². The maximum atomic E-state index is 12.4. The van der Waals surface area contributed by atoms with Crippen molar-refractivity contribution in [3.63, 3.8) is 0 Å². The molecule has 0 amide bonds. The molecule has 9 nitrogen and oxygen atoms in total. The van der Waals surface area contributed by atoms with Gasteiger partial charge < -0.3 is 10.7 Å². The van der Waals surface area contributed by atoms with Gasteiger partial charge in [0.05, 0.1) is 10.6 Å². The predicted octanol–water partition coefficient (Wildman–Crippen LogP) is 3.40. The molecule has 1 aromatic carbocycles. The van der Waals surface area contributed by atoms with Gasteiger partial charge in [0.25, 0.3) is 0 Å². The van der Waals surface area contributed by atoms with E-state index < -0.39 is 10.0 Å². The summed E-state index contributed by atoms with van der Waals surface area (Å²) in [6, 6.07) is 8.19. The van der Waals surface area contributed by atoms with Crippen molar-refractivity contribution in [2.45, 2.75) is 44.9 Å². The number of fused-ring (bicyclic) bond motifs is 2. The first-order valence-electron chi connectivity index (χ1n) is 11.4. The summed E-state index contributed by atoms with van der Waals surface area (Å²) in [6.45, 7) is 5.34. The van der Waals surface area contributed by atoms with Gasteiger partial charge in [0.15, 0.2) is 5.65 Å². The van der Waals surface area contributed by atoms with Crippen LogP contribution in [0.5, 0.6) is 0 Å². The van der Waals surface area contributed by atoms with E-state index in [2.05, 4.69) is 21.0 Å². The smallest absolute Gasteiger partial charge is 0.216 e. The van der Waals surface area contributed by atoms with Crippen molar-refractivity contribution >= 4 is 37.8 Å². The Morgan fingerprint density at radius 1 is 1.18 bits per heavy atom. The Balaban J connectivity index is 1.37. The number of nitrogen functional groups attached to an aromatic ring is 1. The van der Waals surface area contributed by atoms with Crippen molar-refractivity contribution in [3.05, 3.63) is 36.8 Å². The maximum absolute atomic E-state index is 12.4. The summed E-state index contributed by atoms with van der Waals surface area (Å²) >= 11 is 0. The van der Waals surface area contributed by atoms with E-state index in [0.29, 0.717) is 31.4 Å². The number of nitrogens with one attached hydrogen (secondary N) is 1. The standard InChI is InChI=1S/C23H29N7O2S/c1-15(2)33(31,32)29-10-6-16(7-11-29)8-12-30-23-20(22(24)26-14-27-23)21(28-30)18-3-4-19-17(13-18)5-9-25-19/h3-5,9,13-16,25H,6-8,10-12H2,1-2H3,(H2,24,26,27). The van der Waals surface area contributed by atoms with Crippen LogP contribution in [0.25, 0.3) is 33.2 Å². The highest BCUT2D eigenvalue weighted by molar-refractivity contribution is 7.89. The van der Waals surface area contributed by atoms with Crippen LogP contribution in [-0.4, -0.2) is 55.8 Å². The van der Waals surface area contributed by atoms with Crippen LogP contribution in [0.4, 0.5) is 5.82 Å². The Hall–Kier alpha value is -2.98. The van der Waals surface area contributed by atoms with Gasteiger partial charge in [0.1, 0.15) is 17.8 Å². The lowest BCUT2D eigenvalue weighted by Gasteiger charge is -2.32. The first-order valence-corrected chi connectivity index (χ1v) is 12.9. The van der Waals surface area contributed by atoms with E-state index in [1.54, 1.807) is 18.2 Å². The number of anilines is 1. The zero-order chi connectivity index (χ0) is 23.2. The number of aromatic nitrogens is 5. The fourth-order valence-electron chi connectivity index (χ4n) is 4.64. The molecule has 1 aliphatic heterocycles. The second-order valence-electron chi connectivity index (χ2n) is 9.03. The second-order valence-corrected chi connectivity index (χ2v) is 11.5. The van der Waals surface area contributed by atoms with Gasteiger partial charge in [0.2, 0.25) is 10.0 Å². The van der Waals surface area contributed by atoms with E-state index in [1.165, 1.54) is 6.33 Å². The molecule has 33 heavy (non-hydrogen) atoms. The topological polar surface area (TPSA) is 123 Å². The van der Waals surface area contributed by atoms with Crippen LogP contribution in [0.2, 0.25) is 0 Å². The molecule has 0 radical (unpaired) electrons. The minimum Gasteiger partial charge on any atom is -0.383 e. The van der Waals surface area contributed by atoms with Crippen LogP contribution < -0.4 is 5.73 Å². The molecule has 0 unspecified atom stereocenters. The minimum atomic E-state index is -3.18. The second kappa shape index (κ2) is 8.42. The predicted molar refractivity (Wildman–Crippen MR) is 130 cm³/mol. The van der Waals surface area contributed by atoms with Gasteiger partial charge in [-0.2, -0.15) is 5.10 Å². The van der Waals surface area contributed by atoms with Gasteiger partial charge in [-0.25, -0.2) is 27.4 Å². The molecule has 10 heteroatoms. The van der Waals surface area contributed by atoms with E-state index >= 15 is 0 Å². The Kier molecular flexibility index (Phi) is 5.57. The summed E-state index contributed by atoms with van der Waals surface area (Å²) in [5, 5.41) is 6.39. The van der Waals surface area contributed by atoms with Crippen molar-refractivity contribution in [2.24, 2.45) is 5.92 Å². The fourth-order valence-corrected chi connectivity index (χ4v) is 5.96. The van der Waals surface area contributed by atoms with Crippen molar-refractivity contribution in [2.75, 3.05) is 18.8 Å². The van der Waals surface area contributed by atoms with Crippen LogP contribution in [0, 0.1) is 5.92 Å². The third-order valence-corrected chi connectivity index (χ3v) is 8.94. The highest BCUT2D eigenvalue weighted by Crippen LogP contribution is 2.32. The molecule has 174 valence electrons. The molecule has 3 aromatic heterocycles. The first kappa shape index (κ1) is 21.8. The quantitative estimate of drug-likeness (QED) is 0.448. The molecular formula is C23H29N7O2S. The molecule has 1 fully saturated rings. The Morgan fingerprint density at radius 2 is 1.97 bits per heavy atom. The van der Waals surface area contributed by atoms with E-state index in [4.69, 9.17) is 10.8 Å². The molecule has 3 N–H and O–H groups in total. The number of rotatable bonds is 6. The third kappa shape index (κ3) is 3.97. The largest absolute Gasteiger partial charge is 0.383 e. The average molecular weight is 468 g/mol. The number of aryl methyl sites for hydroxylation is 1. The number of aromatic amines is 1. The highest BCUT2D eigenvalue weighted by atomic mass is 32.2. The monoisotopic (exact) mass is 467 g/mol. The fraction of sp³-hybridized carbons (Fsp3) is 0.435. The maximum Gasteiger partial charge on any atom is 0.216 e. The molecule has 0 spiro atoms. The van der Waals surface area contributed by atoms with Crippen molar-refractivity contribution < 1.29 is 8.42 Å². The first-order chi connectivity index (χ1) is 15.8.